The van der Waals surface area contributed by atoms with Gasteiger partial charge in [0.15, 0.2) is 0 Å². The molecule has 2 aromatic rings. The third-order valence-corrected chi connectivity index (χ3v) is 2.31. The Labute approximate surface area is 94.6 Å². The van der Waals surface area contributed by atoms with Gasteiger partial charge in [0.25, 0.3) is 0 Å². The van der Waals surface area contributed by atoms with E-state index >= 15 is 0 Å². The monoisotopic (exact) mass is 214 g/mol. The molecule has 0 saturated heterocycles. The van der Waals surface area contributed by atoms with Gasteiger partial charge in [-0.25, -0.2) is 9.97 Å². The van der Waals surface area contributed by atoms with Crippen molar-refractivity contribution >= 4 is 5.95 Å². The highest BCUT2D eigenvalue weighted by atomic mass is 15.0. The third-order valence-electron chi connectivity index (χ3n) is 2.31. The van der Waals surface area contributed by atoms with E-state index in [4.69, 9.17) is 5.73 Å². The molecule has 16 heavy (non-hydrogen) atoms. The highest BCUT2D eigenvalue weighted by Gasteiger charge is 2.07. The molecule has 0 unspecified atom stereocenters. The summed E-state index contributed by atoms with van der Waals surface area (Å²) in [5, 5.41) is 0. The van der Waals surface area contributed by atoms with Crippen LogP contribution in [0.5, 0.6) is 0 Å². The average Bonchev–Trinajstić information content (AvgIpc) is 2.29. The van der Waals surface area contributed by atoms with Crippen LogP contribution in [0.2, 0.25) is 0 Å². The Balaban J connectivity index is 2.50. The number of anilines is 1. The number of aromatic nitrogens is 3. The van der Waals surface area contributed by atoms with Crippen molar-refractivity contribution in [1.82, 2.24) is 15.0 Å². The number of nitrogen functional groups attached to an aromatic ring is 1. The molecule has 0 fully saturated rings. The zero-order valence-corrected chi connectivity index (χ0v) is 9.38. The molecule has 2 N–H and O–H groups in total. The van der Waals surface area contributed by atoms with Gasteiger partial charge in [0, 0.05) is 23.7 Å². The van der Waals surface area contributed by atoms with Crippen molar-refractivity contribution in [2.24, 2.45) is 0 Å². The predicted octanol–water partition coefficient (Wildman–Crippen LogP) is 2.24. The van der Waals surface area contributed by atoms with Gasteiger partial charge in [-0.2, -0.15) is 0 Å². The first-order chi connectivity index (χ1) is 7.66. The predicted molar refractivity (Wildman–Crippen MR) is 63.8 cm³/mol. The van der Waals surface area contributed by atoms with Gasteiger partial charge in [-0.3, -0.25) is 4.98 Å². The lowest BCUT2D eigenvalue weighted by Gasteiger charge is -2.07. The second kappa shape index (κ2) is 4.26. The number of nitrogens with zero attached hydrogens (tertiary/aromatic N) is 3. The molecule has 0 aromatic carbocycles. The first kappa shape index (κ1) is 10.5. The van der Waals surface area contributed by atoms with E-state index in [0.29, 0.717) is 11.9 Å². The number of hydrogen-bond acceptors (Lipinski definition) is 4. The normalized spacial score (nSPS) is 10.7. The fourth-order valence-electron chi connectivity index (χ4n) is 1.44. The highest BCUT2D eigenvalue weighted by molar-refractivity contribution is 5.59. The van der Waals surface area contributed by atoms with E-state index in [9.17, 15) is 0 Å². The van der Waals surface area contributed by atoms with Crippen molar-refractivity contribution < 1.29 is 0 Å². The van der Waals surface area contributed by atoms with Crippen molar-refractivity contribution in [1.29, 1.82) is 0 Å². The Kier molecular flexibility index (Phi) is 2.81. The minimum absolute atomic E-state index is 0.310. The molecule has 4 nitrogen and oxygen atoms in total. The maximum atomic E-state index is 5.69. The van der Waals surface area contributed by atoms with Gasteiger partial charge < -0.3 is 5.73 Å². The fourth-order valence-corrected chi connectivity index (χ4v) is 1.44. The highest BCUT2D eigenvalue weighted by Crippen LogP contribution is 2.20. The summed E-state index contributed by atoms with van der Waals surface area (Å²) in [5.41, 5.74) is 8.42. The van der Waals surface area contributed by atoms with E-state index in [2.05, 4.69) is 28.8 Å². The Bertz CT molecular complexity index is 480. The van der Waals surface area contributed by atoms with Crippen molar-refractivity contribution in [2.45, 2.75) is 19.8 Å². The minimum atomic E-state index is 0.310. The first-order valence-electron chi connectivity index (χ1n) is 5.21. The molecule has 0 spiro atoms. The van der Waals surface area contributed by atoms with Gasteiger partial charge in [0.05, 0.1) is 5.69 Å². The molecule has 0 radical (unpaired) electrons. The molecule has 2 rings (SSSR count). The SMILES string of the molecule is CC(C)c1cc(-c2cccnc2)nc(N)n1. The van der Waals surface area contributed by atoms with Crippen molar-refractivity contribution in [3.05, 3.63) is 36.3 Å². The summed E-state index contributed by atoms with van der Waals surface area (Å²) in [7, 11) is 0. The number of rotatable bonds is 2. The third kappa shape index (κ3) is 2.16. The smallest absolute Gasteiger partial charge is 0.220 e. The maximum Gasteiger partial charge on any atom is 0.220 e. The second-order valence-electron chi connectivity index (χ2n) is 3.93. The number of nitrogens with two attached hydrogens (primary N) is 1. The Morgan fingerprint density at radius 2 is 2.06 bits per heavy atom. The molecule has 2 aromatic heterocycles. The van der Waals surface area contributed by atoms with Crippen molar-refractivity contribution in [3.8, 4) is 11.3 Å². The van der Waals surface area contributed by atoms with Crippen molar-refractivity contribution in [3.63, 3.8) is 0 Å². The van der Waals surface area contributed by atoms with Crippen LogP contribution in [0.4, 0.5) is 5.95 Å². The van der Waals surface area contributed by atoms with Gasteiger partial charge in [0.1, 0.15) is 0 Å². The molecule has 0 bridgehead atoms. The molecule has 0 saturated carbocycles. The number of pyridine rings is 1. The van der Waals surface area contributed by atoms with E-state index in [0.717, 1.165) is 17.0 Å². The first-order valence-corrected chi connectivity index (χ1v) is 5.21. The maximum absolute atomic E-state index is 5.69. The zero-order valence-electron chi connectivity index (χ0n) is 9.38. The summed E-state index contributed by atoms with van der Waals surface area (Å²) < 4.78 is 0. The van der Waals surface area contributed by atoms with E-state index < -0.39 is 0 Å². The van der Waals surface area contributed by atoms with Crippen LogP contribution < -0.4 is 5.73 Å². The summed E-state index contributed by atoms with van der Waals surface area (Å²) in [6.07, 6.45) is 3.50. The lowest BCUT2D eigenvalue weighted by Crippen LogP contribution is -2.02. The van der Waals surface area contributed by atoms with Crippen LogP contribution >= 0.6 is 0 Å². The van der Waals surface area contributed by atoms with Gasteiger partial charge >= 0.3 is 0 Å². The molecule has 0 aliphatic carbocycles. The fraction of sp³-hybridized carbons (Fsp3) is 0.250. The van der Waals surface area contributed by atoms with Gasteiger partial charge in [-0.1, -0.05) is 13.8 Å². The van der Waals surface area contributed by atoms with E-state index in [-0.39, 0.29) is 0 Å². The molecule has 4 heteroatoms. The minimum Gasteiger partial charge on any atom is -0.368 e. The van der Waals surface area contributed by atoms with Crippen LogP contribution in [0.3, 0.4) is 0 Å². The van der Waals surface area contributed by atoms with Crippen molar-refractivity contribution in [2.75, 3.05) is 5.73 Å². The number of hydrogen-bond donors (Lipinski definition) is 1. The molecule has 0 aliphatic rings. The Hall–Kier alpha value is -1.97. The van der Waals surface area contributed by atoms with Crippen LogP contribution in [0, 0.1) is 0 Å². The van der Waals surface area contributed by atoms with Gasteiger partial charge in [0.2, 0.25) is 5.95 Å². The lowest BCUT2D eigenvalue weighted by atomic mass is 10.1. The van der Waals surface area contributed by atoms with E-state index in [1.165, 1.54) is 0 Å². The van der Waals surface area contributed by atoms with E-state index in [1.54, 1.807) is 12.4 Å². The second-order valence-corrected chi connectivity index (χ2v) is 3.93. The molecule has 0 atom stereocenters. The summed E-state index contributed by atoms with van der Waals surface area (Å²) in [6, 6.07) is 5.79. The molecule has 2 heterocycles. The van der Waals surface area contributed by atoms with Crippen LogP contribution in [0.25, 0.3) is 11.3 Å². The van der Waals surface area contributed by atoms with Crippen LogP contribution in [0.1, 0.15) is 25.5 Å². The Morgan fingerprint density at radius 3 is 2.69 bits per heavy atom. The quantitative estimate of drug-likeness (QED) is 0.832. The summed E-state index contributed by atoms with van der Waals surface area (Å²) >= 11 is 0. The van der Waals surface area contributed by atoms with Gasteiger partial charge in [-0.05, 0) is 24.1 Å². The summed E-state index contributed by atoms with van der Waals surface area (Å²) in [5.74, 6) is 0.644. The molecule has 82 valence electrons. The van der Waals surface area contributed by atoms with Crippen LogP contribution in [-0.2, 0) is 0 Å². The Morgan fingerprint density at radius 1 is 1.25 bits per heavy atom. The largest absolute Gasteiger partial charge is 0.368 e. The zero-order chi connectivity index (χ0) is 11.5. The van der Waals surface area contributed by atoms with E-state index in [1.807, 2.05) is 18.2 Å². The standard InChI is InChI=1S/C12H14N4/c1-8(2)10-6-11(16-12(13)15-10)9-4-3-5-14-7-9/h3-8H,1-2H3,(H2,13,15,16). The summed E-state index contributed by atoms with van der Waals surface area (Å²) in [6.45, 7) is 4.16. The lowest BCUT2D eigenvalue weighted by molar-refractivity contribution is 0.819. The topological polar surface area (TPSA) is 64.7 Å². The van der Waals surface area contributed by atoms with Crippen LogP contribution in [0.15, 0.2) is 30.6 Å². The van der Waals surface area contributed by atoms with Crippen LogP contribution in [-0.4, -0.2) is 15.0 Å². The van der Waals surface area contributed by atoms with Gasteiger partial charge in [-0.15, -0.1) is 0 Å². The summed E-state index contributed by atoms with van der Waals surface area (Å²) in [4.78, 5) is 12.5. The average molecular weight is 214 g/mol. The molecular formula is C12H14N4. The molecule has 0 amide bonds. The molecular weight excluding hydrogens is 200 g/mol. The molecule has 0 aliphatic heterocycles.